The summed E-state index contributed by atoms with van der Waals surface area (Å²) in [5.74, 6) is 1.40. The molecule has 9 nitrogen and oxygen atoms in total. The van der Waals surface area contributed by atoms with Gasteiger partial charge in [-0.25, -0.2) is 0 Å². The first-order chi connectivity index (χ1) is 12.5. The highest BCUT2D eigenvalue weighted by atomic mass is 79.9. The minimum atomic E-state index is -3.21. The number of nitrogens with one attached hydrogen (secondary N) is 1. The largest absolute Gasteiger partial charge is 0.496 e. The second kappa shape index (κ2) is 10.1. The summed E-state index contributed by atoms with van der Waals surface area (Å²) in [6, 6.07) is 5.85. The standard InChI is InChI=1S/C11H13BrN4O.C5H14N2O2S/c1-7(2)16-14-11(13-15-16)8-4-5-10(17-3)9(12)6-8;1-5(2)6-10(8,9)7(3)4/h4-7H,1-3H3;5-6H,1-4H3. The Morgan fingerprint density at radius 1 is 1.22 bits per heavy atom. The first-order valence-electron chi connectivity index (χ1n) is 8.31. The van der Waals surface area contributed by atoms with Crippen molar-refractivity contribution in [2.24, 2.45) is 0 Å². The third-order valence-electron chi connectivity index (χ3n) is 3.17. The molecule has 2 aromatic rings. The normalized spacial score (nSPS) is 11.7. The van der Waals surface area contributed by atoms with Gasteiger partial charge in [0.25, 0.3) is 10.2 Å². The van der Waals surface area contributed by atoms with E-state index in [1.807, 2.05) is 32.0 Å². The molecular weight excluding hydrogens is 436 g/mol. The zero-order chi connectivity index (χ0) is 20.8. The number of ether oxygens (including phenoxy) is 1. The Morgan fingerprint density at radius 3 is 2.22 bits per heavy atom. The fourth-order valence-corrected chi connectivity index (χ4v) is 3.12. The van der Waals surface area contributed by atoms with E-state index in [9.17, 15) is 8.42 Å². The van der Waals surface area contributed by atoms with E-state index in [1.54, 1.807) is 25.8 Å². The molecule has 0 aliphatic carbocycles. The van der Waals surface area contributed by atoms with Crippen molar-refractivity contribution >= 4 is 26.1 Å². The van der Waals surface area contributed by atoms with Gasteiger partial charge in [0.15, 0.2) is 0 Å². The Morgan fingerprint density at radius 2 is 1.85 bits per heavy atom. The summed E-state index contributed by atoms with van der Waals surface area (Å²) >= 11 is 3.43. The third kappa shape index (κ3) is 7.17. The number of methoxy groups -OCH3 is 1. The number of halogens is 1. The quantitative estimate of drug-likeness (QED) is 0.706. The summed E-state index contributed by atoms with van der Waals surface area (Å²) in [6.45, 7) is 7.58. The molecule has 1 N–H and O–H groups in total. The maximum atomic E-state index is 11.0. The van der Waals surface area contributed by atoms with Crippen LogP contribution in [0.5, 0.6) is 5.75 Å². The van der Waals surface area contributed by atoms with Gasteiger partial charge in [0.05, 0.1) is 17.6 Å². The molecule has 0 radical (unpaired) electrons. The fraction of sp³-hybridized carbons (Fsp3) is 0.562. The molecule has 0 spiro atoms. The minimum absolute atomic E-state index is 0.0487. The molecular formula is C16H27BrN6O3S. The van der Waals surface area contributed by atoms with Gasteiger partial charge in [0.1, 0.15) is 5.75 Å². The predicted octanol–water partition coefficient (Wildman–Crippen LogP) is 2.48. The molecule has 152 valence electrons. The predicted molar refractivity (Wildman–Crippen MR) is 109 cm³/mol. The molecule has 0 saturated heterocycles. The SMILES string of the molecule is CC(C)NS(=O)(=O)N(C)C.COc1ccc(-c2nnn(C(C)C)n2)cc1Br. The van der Waals surface area contributed by atoms with E-state index in [2.05, 4.69) is 36.1 Å². The second-order valence-corrected chi connectivity index (χ2v) is 9.21. The van der Waals surface area contributed by atoms with Crippen molar-refractivity contribution in [2.45, 2.75) is 39.8 Å². The van der Waals surface area contributed by atoms with Gasteiger partial charge in [-0.2, -0.15) is 22.2 Å². The Hall–Kier alpha value is -1.56. The van der Waals surface area contributed by atoms with Crippen LogP contribution in [-0.2, 0) is 10.2 Å². The van der Waals surface area contributed by atoms with E-state index >= 15 is 0 Å². The first-order valence-corrected chi connectivity index (χ1v) is 10.5. The Kier molecular flexibility index (Phi) is 8.79. The molecule has 0 aliphatic rings. The number of nitrogens with zero attached hydrogens (tertiary/aromatic N) is 5. The van der Waals surface area contributed by atoms with Crippen molar-refractivity contribution < 1.29 is 13.2 Å². The highest BCUT2D eigenvalue weighted by molar-refractivity contribution is 9.10. The van der Waals surface area contributed by atoms with E-state index < -0.39 is 10.2 Å². The molecule has 2 rings (SSSR count). The number of aromatic nitrogens is 4. The van der Waals surface area contributed by atoms with Crippen LogP contribution in [0.2, 0.25) is 0 Å². The molecule has 0 bridgehead atoms. The molecule has 1 heterocycles. The molecule has 0 saturated carbocycles. The lowest BCUT2D eigenvalue weighted by molar-refractivity contribution is 0.412. The number of hydrogen-bond donors (Lipinski definition) is 1. The number of benzene rings is 1. The molecule has 0 fully saturated rings. The summed E-state index contributed by atoms with van der Waals surface area (Å²) in [5.41, 5.74) is 0.907. The van der Waals surface area contributed by atoms with E-state index in [-0.39, 0.29) is 12.1 Å². The van der Waals surface area contributed by atoms with Crippen LogP contribution >= 0.6 is 15.9 Å². The molecule has 11 heteroatoms. The van der Waals surface area contributed by atoms with Gasteiger partial charge in [-0.1, -0.05) is 0 Å². The van der Waals surface area contributed by atoms with Gasteiger partial charge in [-0.3, -0.25) is 0 Å². The topological polar surface area (TPSA) is 102 Å². The second-order valence-electron chi connectivity index (χ2n) is 6.44. The van der Waals surface area contributed by atoms with Crippen LogP contribution in [0.1, 0.15) is 33.7 Å². The maximum absolute atomic E-state index is 11.0. The van der Waals surface area contributed by atoms with Gasteiger partial charge in [-0.15, -0.1) is 10.2 Å². The molecule has 0 amide bonds. The lowest BCUT2D eigenvalue weighted by Crippen LogP contribution is -2.39. The van der Waals surface area contributed by atoms with E-state index in [0.717, 1.165) is 20.1 Å². The zero-order valence-electron chi connectivity index (χ0n) is 16.6. The average Bonchev–Trinajstić information content (AvgIpc) is 3.04. The summed E-state index contributed by atoms with van der Waals surface area (Å²) in [5, 5.41) is 12.3. The average molecular weight is 463 g/mol. The number of tetrazole rings is 1. The van der Waals surface area contributed by atoms with Crippen LogP contribution in [0.15, 0.2) is 22.7 Å². The van der Waals surface area contributed by atoms with Crippen LogP contribution in [0.25, 0.3) is 11.4 Å². The molecule has 0 unspecified atom stereocenters. The van der Waals surface area contributed by atoms with Crippen molar-refractivity contribution in [3.63, 3.8) is 0 Å². The summed E-state index contributed by atoms with van der Waals surface area (Å²) in [6.07, 6.45) is 0. The smallest absolute Gasteiger partial charge is 0.279 e. The van der Waals surface area contributed by atoms with Crippen molar-refractivity contribution in [2.75, 3.05) is 21.2 Å². The van der Waals surface area contributed by atoms with Crippen LogP contribution in [0.3, 0.4) is 0 Å². The fourth-order valence-electron chi connectivity index (χ4n) is 1.77. The van der Waals surface area contributed by atoms with Gasteiger partial charge in [-0.05, 0) is 67.0 Å². The van der Waals surface area contributed by atoms with E-state index in [1.165, 1.54) is 14.1 Å². The molecule has 0 atom stereocenters. The highest BCUT2D eigenvalue weighted by Gasteiger charge is 2.13. The van der Waals surface area contributed by atoms with Crippen LogP contribution in [0.4, 0.5) is 0 Å². The van der Waals surface area contributed by atoms with Crippen LogP contribution in [0, 0.1) is 0 Å². The minimum Gasteiger partial charge on any atom is -0.496 e. The highest BCUT2D eigenvalue weighted by Crippen LogP contribution is 2.28. The van der Waals surface area contributed by atoms with Crippen molar-refractivity contribution in [3.05, 3.63) is 22.7 Å². The van der Waals surface area contributed by atoms with Crippen molar-refractivity contribution in [1.29, 1.82) is 0 Å². The zero-order valence-corrected chi connectivity index (χ0v) is 19.0. The van der Waals surface area contributed by atoms with Crippen LogP contribution in [-0.4, -0.2) is 60.2 Å². The first kappa shape index (κ1) is 23.5. The third-order valence-corrected chi connectivity index (χ3v) is 5.52. The Balaban J connectivity index is 0.000000314. The van der Waals surface area contributed by atoms with E-state index in [0.29, 0.717) is 5.82 Å². The van der Waals surface area contributed by atoms with Crippen LogP contribution < -0.4 is 9.46 Å². The van der Waals surface area contributed by atoms with Crippen molar-refractivity contribution in [3.8, 4) is 17.1 Å². The Bertz CT molecular complexity index is 836. The molecule has 1 aromatic heterocycles. The summed E-state index contributed by atoms with van der Waals surface area (Å²) in [7, 11) is 1.40. The van der Waals surface area contributed by atoms with Crippen molar-refractivity contribution in [1.82, 2.24) is 29.2 Å². The van der Waals surface area contributed by atoms with Gasteiger partial charge in [0, 0.05) is 25.7 Å². The summed E-state index contributed by atoms with van der Waals surface area (Å²) < 4.78 is 31.5. The molecule has 0 aliphatic heterocycles. The lowest BCUT2D eigenvalue weighted by atomic mass is 10.2. The number of rotatable bonds is 6. The lowest BCUT2D eigenvalue weighted by Gasteiger charge is -2.14. The van der Waals surface area contributed by atoms with Gasteiger partial charge >= 0.3 is 0 Å². The molecule has 27 heavy (non-hydrogen) atoms. The van der Waals surface area contributed by atoms with Gasteiger partial charge < -0.3 is 4.74 Å². The maximum Gasteiger partial charge on any atom is 0.279 e. The monoisotopic (exact) mass is 462 g/mol. The Labute approximate surface area is 169 Å². The summed E-state index contributed by atoms with van der Waals surface area (Å²) in [4.78, 5) is 1.59. The molecule has 1 aromatic carbocycles. The van der Waals surface area contributed by atoms with E-state index in [4.69, 9.17) is 4.74 Å². The number of hydrogen-bond acceptors (Lipinski definition) is 6. The van der Waals surface area contributed by atoms with Gasteiger partial charge in [0.2, 0.25) is 5.82 Å².